The highest BCUT2D eigenvalue weighted by atomic mass is 35.5. The van der Waals surface area contributed by atoms with Gasteiger partial charge in [-0.05, 0) is 83.2 Å². The minimum Gasteiger partial charge on any atom is -0.444 e. The van der Waals surface area contributed by atoms with Crippen LogP contribution < -0.4 is 16.0 Å². The van der Waals surface area contributed by atoms with Gasteiger partial charge >= 0.3 is 6.09 Å². The monoisotopic (exact) mass is 680 g/mol. The Labute approximate surface area is 288 Å². The van der Waals surface area contributed by atoms with Gasteiger partial charge in [0.25, 0.3) is 5.91 Å². The number of ether oxygens (including phenoxy) is 2. The minimum absolute atomic E-state index is 0.107. The molecule has 1 heterocycles. The summed E-state index contributed by atoms with van der Waals surface area (Å²) >= 11 is 6.18. The molecule has 3 N–H and O–H groups in total. The normalized spacial score (nSPS) is 16.7. The summed E-state index contributed by atoms with van der Waals surface area (Å²) in [4.78, 5) is 55.8. The molecule has 260 valence electrons. The molecule has 2 aliphatic rings. The molecule has 0 aromatic heterocycles. The average Bonchev–Trinajstić information content (AvgIpc) is 3.28. The van der Waals surface area contributed by atoms with Crippen LogP contribution in [0.3, 0.4) is 0 Å². The lowest BCUT2D eigenvalue weighted by Crippen LogP contribution is -2.61. The van der Waals surface area contributed by atoms with E-state index in [4.69, 9.17) is 21.1 Å². The Balaban J connectivity index is 1.62. The minimum atomic E-state index is -1.41. The lowest BCUT2D eigenvalue weighted by molar-refractivity contribution is -0.139. The summed E-state index contributed by atoms with van der Waals surface area (Å²) in [6, 6.07) is 15.6. The average molecular weight is 681 g/mol. The molecule has 2 aromatic rings. The van der Waals surface area contributed by atoms with E-state index in [9.17, 15) is 19.2 Å². The van der Waals surface area contributed by atoms with Gasteiger partial charge in [-0.25, -0.2) is 4.79 Å². The number of alkyl carbamates (subject to hydrolysis) is 1. The number of amides is 4. The molecule has 0 radical (unpaired) electrons. The van der Waals surface area contributed by atoms with Crippen molar-refractivity contribution in [2.45, 2.75) is 103 Å². The fourth-order valence-electron chi connectivity index (χ4n) is 6.22. The predicted molar refractivity (Wildman–Crippen MR) is 186 cm³/mol. The van der Waals surface area contributed by atoms with Gasteiger partial charge in [0.15, 0.2) is 0 Å². The van der Waals surface area contributed by atoms with Gasteiger partial charge in [-0.2, -0.15) is 0 Å². The van der Waals surface area contributed by atoms with Crippen molar-refractivity contribution in [3.63, 3.8) is 0 Å². The molecule has 1 atom stereocenters. The van der Waals surface area contributed by atoms with Gasteiger partial charge in [-0.15, -0.1) is 0 Å². The van der Waals surface area contributed by atoms with Gasteiger partial charge < -0.3 is 30.3 Å². The van der Waals surface area contributed by atoms with E-state index in [2.05, 4.69) is 16.0 Å². The smallest absolute Gasteiger partial charge is 0.408 e. The second kappa shape index (κ2) is 15.6. The molecule has 1 saturated carbocycles. The van der Waals surface area contributed by atoms with E-state index in [1.54, 1.807) is 51.7 Å². The van der Waals surface area contributed by atoms with Crippen molar-refractivity contribution in [1.29, 1.82) is 0 Å². The van der Waals surface area contributed by atoms with Crippen molar-refractivity contribution < 1.29 is 28.7 Å². The molecule has 10 nitrogen and oxygen atoms in total. The Bertz CT molecular complexity index is 1490. The van der Waals surface area contributed by atoms with Gasteiger partial charge in [0, 0.05) is 23.7 Å². The van der Waals surface area contributed by atoms with Crippen LogP contribution in [-0.4, -0.2) is 71.1 Å². The van der Waals surface area contributed by atoms with Crippen LogP contribution >= 0.6 is 11.6 Å². The fraction of sp³-hybridized carbons (Fsp3) is 0.514. The summed E-state index contributed by atoms with van der Waals surface area (Å²) in [5.74, 6) is -1.10. The van der Waals surface area contributed by atoms with E-state index in [0.717, 1.165) is 48.8 Å². The zero-order valence-corrected chi connectivity index (χ0v) is 29.7. The molecule has 0 saturated heterocycles. The topological polar surface area (TPSA) is 126 Å². The number of likely N-dealkylation sites (N-methyl/N-ethyl adjacent to an activating group) is 1. The first-order valence-electron chi connectivity index (χ1n) is 16.7. The van der Waals surface area contributed by atoms with E-state index >= 15 is 0 Å². The molecule has 1 aliphatic carbocycles. The van der Waals surface area contributed by atoms with E-state index in [1.807, 2.05) is 49.4 Å². The van der Waals surface area contributed by atoms with Crippen molar-refractivity contribution in [1.82, 2.24) is 20.9 Å². The molecule has 0 bridgehead atoms. The van der Waals surface area contributed by atoms with Crippen molar-refractivity contribution >= 4 is 41.0 Å². The molecule has 48 heavy (non-hydrogen) atoms. The Morgan fingerprint density at radius 3 is 2.23 bits per heavy atom. The van der Waals surface area contributed by atoms with Crippen LogP contribution in [-0.2, 0) is 30.5 Å². The summed E-state index contributed by atoms with van der Waals surface area (Å²) in [6.45, 7) is 10.8. The van der Waals surface area contributed by atoms with Gasteiger partial charge in [0.1, 0.15) is 17.2 Å². The molecule has 4 amide bonds. The summed E-state index contributed by atoms with van der Waals surface area (Å²) in [6.07, 6.45) is 3.81. The highest BCUT2D eigenvalue weighted by Gasteiger charge is 2.47. The molecule has 4 rings (SSSR count). The van der Waals surface area contributed by atoms with Crippen LogP contribution in [0.15, 0.2) is 60.2 Å². The van der Waals surface area contributed by atoms with E-state index in [1.165, 1.54) is 0 Å². The molecule has 2 aromatic carbocycles. The third-order valence-electron chi connectivity index (χ3n) is 8.72. The first kappa shape index (κ1) is 36.9. The van der Waals surface area contributed by atoms with Crippen LogP contribution in [0.4, 0.5) is 4.79 Å². The third kappa shape index (κ3) is 9.38. The van der Waals surface area contributed by atoms with Crippen LogP contribution in [0.1, 0.15) is 84.8 Å². The number of hydrogen-bond acceptors (Lipinski definition) is 6. The lowest BCUT2D eigenvalue weighted by Gasteiger charge is -2.39. The number of carbonyl (C=O) groups excluding carboxylic acids is 4. The highest BCUT2D eigenvalue weighted by molar-refractivity contribution is 6.31. The van der Waals surface area contributed by atoms with Gasteiger partial charge in [-0.1, -0.05) is 73.3 Å². The summed E-state index contributed by atoms with van der Waals surface area (Å²) < 4.78 is 11.4. The summed E-state index contributed by atoms with van der Waals surface area (Å²) in [7, 11) is 0. The Kier molecular flexibility index (Phi) is 12.0. The number of rotatable bonds is 12. The van der Waals surface area contributed by atoms with Crippen molar-refractivity contribution in [2.24, 2.45) is 0 Å². The van der Waals surface area contributed by atoms with Crippen LogP contribution in [0.25, 0.3) is 5.57 Å². The van der Waals surface area contributed by atoms with E-state index in [-0.39, 0.29) is 31.6 Å². The first-order chi connectivity index (χ1) is 22.6. The van der Waals surface area contributed by atoms with Gasteiger partial charge in [0.05, 0.1) is 18.8 Å². The van der Waals surface area contributed by atoms with Crippen molar-refractivity contribution in [3.05, 3.63) is 76.3 Å². The number of carbonyl (C=O) groups is 4. The van der Waals surface area contributed by atoms with Crippen LogP contribution in [0.2, 0.25) is 5.02 Å². The maximum atomic E-state index is 14.4. The van der Waals surface area contributed by atoms with Gasteiger partial charge in [-0.3, -0.25) is 14.4 Å². The highest BCUT2D eigenvalue weighted by Crippen LogP contribution is 2.43. The van der Waals surface area contributed by atoms with Crippen molar-refractivity contribution in [2.75, 3.05) is 19.7 Å². The predicted octanol–water partition coefficient (Wildman–Crippen LogP) is 5.78. The molecule has 1 spiro atoms. The van der Waals surface area contributed by atoms with Crippen LogP contribution in [0, 0.1) is 0 Å². The summed E-state index contributed by atoms with van der Waals surface area (Å²) in [5, 5.41) is 9.31. The quantitative estimate of drug-likeness (QED) is 0.261. The number of nitrogens with zero attached hydrogens (tertiary/aromatic N) is 1. The second-order valence-electron chi connectivity index (χ2n) is 14.1. The Morgan fingerprint density at radius 2 is 1.62 bits per heavy atom. The first-order valence-corrected chi connectivity index (χ1v) is 17.1. The van der Waals surface area contributed by atoms with Crippen molar-refractivity contribution in [3.8, 4) is 0 Å². The molecule has 1 aliphatic heterocycles. The molecule has 0 unspecified atom stereocenters. The number of benzene rings is 2. The largest absolute Gasteiger partial charge is 0.444 e. The molecule has 1 fully saturated rings. The second-order valence-corrected chi connectivity index (χ2v) is 14.5. The van der Waals surface area contributed by atoms with Crippen LogP contribution in [0.5, 0.6) is 0 Å². The fourth-order valence-corrected chi connectivity index (χ4v) is 6.35. The standard InChI is InChI=1S/C37H49ClN4O6/c1-7-42(22-28-30(26-16-18-27(38)19-17-26)31(43)40-37(28)20-12-9-13-21-37)32(44)29(24-47-23-25-14-10-8-11-15-25)39-33(45)36(5,6)41-34(46)48-35(2,3)4/h8,10-11,14-19,29H,7,9,12-13,20-24H2,1-6H3,(H,39,45)(H,40,43)(H,41,46)/t29-/m1/s1. The zero-order valence-electron chi connectivity index (χ0n) is 28.9. The summed E-state index contributed by atoms with van der Waals surface area (Å²) in [5.41, 5.74) is 0.365. The number of nitrogens with one attached hydrogen (secondary N) is 3. The van der Waals surface area contributed by atoms with Gasteiger partial charge in [0.2, 0.25) is 11.8 Å². The molecular formula is C37H49ClN4O6. The SMILES string of the molecule is CCN(CC1=C(c2ccc(Cl)cc2)C(=O)NC12CCCCC2)C(=O)[C@@H](COCc1ccccc1)NC(=O)C(C)(C)NC(=O)OC(C)(C)C. The van der Waals surface area contributed by atoms with E-state index in [0.29, 0.717) is 17.1 Å². The maximum absolute atomic E-state index is 14.4. The zero-order chi connectivity index (χ0) is 35.1. The van der Waals surface area contributed by atoms with E-state index < -0.39 is 34.7 Å². The Hall–Kier alpha value is -3.89. The number of hydrogen-bond donors (Lipinski definition) is 3. The maximum Gasteiger partial charge on any atom is 0.408 e. The third-order valence-corrected chi connectivity index (χ3v) is 8.97. The number of halogens is 1. The Morgan fingerprint density at radius 1 is 0.979 bits per heavy atom. The lowest BCUT2D eigenvalue weighted by atomic mass is 9.76. The molecule has 11 heteroatoms. The molecular weight excluding hydrogens is 632 g/mol.